The topological polar surface area (TPSA) is 119 Å². The lowest BCUT2D eigenvalue weighted by Gasteiger charge is -2.28. The number of methoxy groups -OCH3 is 8. The molecule has 1 fully saturated rings. The SMILES string of the molecule is COc1cc(C(OC(C)=O)C(C)Oc2c(OC)cc(C3OC(c4cc(OC)c(OC)c(OC)c4)C(C)C3C)cc2OC)cc(OC)c1OC. The van der Waals surface area contributed by atoms with Crippen LogP contribution in [-0.4, -0.2) is 69.0 Å². The second-order valence-electron chi connectivity index (χ2n) is 11.7. The molecule has 0 aromatic heterocycles. The molecule has 1 saturated heterocycles. The fraction of sp³-hybridized carbons (Fsp3) is 0.486. The molecule has 12 nitrogen and oxygen atoms in total. The molecule has 0 spiro atoms. The zero-order chi connectivity index (χ0) is 36.0. The Kier molecular flexibility index (Phi) is 12.2. The molecule has 0 bridgehead atoms. The van der Waals surface area contributed by atoms with Gasteiger partial charge in [-0.25, -0.2) is 0 Å². The maximum Gasteiger partial charge on any atom is 0.303 e. The summed E-state index contributed by atoms with van der Waals surface area (Å²) in [7, 11) is 12.4. The molecular formula is C37H48O12. The highest BCUT2D eigenvalue weighted by Crippen LogP contribution is 2.53. The van der Waals surface area contributed by atoms with Crippen LogP contribution >= 0.6 is 0 Å². The third kappa shape index (κ3) is 7.49. The predicted octanol–water partition coefficient (Wildman–Crippen LogP) is 6.91. The smallest absolute Gasteiger partial charge is 0.303 e. The Bertz CT molecular complexity index is 1530. The zero-order valence-corrected chi connectivity index (χ0v) is 30.3. The molecule has 49 heavy (non-hydrogen) atoms. The van der Waals surface area contributed by atoms with E-state index in [-0.39, 0.29) is 24.0 Å². The van der Waals surface area contributed by atoms with Gasteiger partial charge in [0.2, 0.25) is 17.2 Å². The van der Waals surface area contributed by atoms with Crippen molar-refractivity contribution < 1.29 is 56.9 Å². The van der Waals surface area contributed by atoms with Gasteiger partial charge < -0.3 is 52.1 Å². The Balaban J connectivity index is 1.70. The van der Waals surface area contributed by atoms with Crippen LogP contribution in [0.15, 0.2) is 36.4 Å². The van der Waals surface area contributed by atoms with Crippen molar-refractivity contribution >= 4 is 5.97 Å². The molecule has 3 aromatic carbocycles. The summed E-state index contributed by atoms with van der Waals surface area (Å²) < 4.78 is 64.0. The maximum atomic E-state index is 12.3. The van der Waals surface area contributed by atoms with E-state index in [9.17, 15) is 4.79 Å². The molecule has 0 radical (unpaired) electrons. The normalized spacial score (nSPS) is 19.7. The van der Waals surface area contributed by atoms with Crippen LogP contribution in [0.25, 0.3) is 0 Å². The molecule has 6 unspecified atom stereocenters. The minimum atomic E-state index is -0.862. The molecule has 1 heterocycles. The van der Waals surface area contributed by atoms with Gasteiger partial charge in [-0.3, -0.25) is 4.79 Å². The van der Waals surface area contributed by atoms with Gasteiger partial charge in [0.15, 0.2) is 40.6 Å². The van der Waals surface area contributed by atoms with E-state index >= 15 is 0 Å². The number of carbonyl (C=O) groups excluding carboxylic acids is 1. The van der Waals surface area contributed by atoms with Gasteiger partial charge >= 0.3 is 5.97 Å². The predicted molar refractivity (Wildman–Crippen MR) is 181 cm³/mol. The fourth-order valence-electron chi connectivity index (χ4n) is 6.29. The van der Waals surface area contributed by atoms with Gasteiger partial charge in [-0.2, -0.15) is 0 Å². The van der Waals surface area contributed by atoms with Gasteiger partial charge in [0.05, 0.1) is 69.1 Å². The molecule has 0 aliphatic carbocycles. The first-order chi connectivity index (χ1) is 23.5. The maximum absolute atomic E-state index is 12.3. The van der Waals surface area contributed by atoms with Crippen LogP contribution in [-0.2, 0) is 14.3 Å². The van der Waals surface area contributed by atoms with E-state index in [1.54, 1.807) is 54.6 Å². The zero-order valence-electron chi connectivity index (χ0n) is 30.3. The Morgan fingerprint density at radius 3 is 1.24 bits per heavy atom. The summed E-state index contributed by atoms with van der Waals surface area (Å²) in [5.74, 6) is 3.79. The molecule has 0 N–H and O–H groups in total. The van der Waals surface area contributed by atoms with Gasteiger partial charge in [-0.05, 0) is 66.3 Å². The van der Waals surface area contributed by atoms with E-state index < -0.39 is 18.2 Å². The lowest BCUT2D eigenvalue weighted by molar-refractivity contribution is -0.151. The van der Waals surface area contributed by atoms with E-state index in [4.69, 9.17) is 52.1 Å². The number of esters is 1. The highest BCUT2D eigenvalue weighted by atomic mass is 16.6. The number of carbonyl (C=O) groups is 1. The minimum absolute atomic E-state index is 0.109. The highest BCUT2D eigenvalue weighted by Gasteiger charge is 2.42. The van der Waals surface area contributed by atoms with Gasteiger partial charge in [-0.15, -0.1) is 0 Å². The summed E-state index contributed by atoms with van der Waals surface area (Å²) >= 11 is 0. The average Bonchev–Trinajstić information content (AvgIpc) is 3.41. The molecule has 6 atom stereocenters. The van der Waals surface area contributed by atoms with Gasteiger partial charge in [-0.1, -0.05) is 13.8 Å². The largest absolute Gasteiger partial charge is 0.493 e. The van der Waals surface area contributed by atoms with Crippen LogP contribution in [0.4, 0.5) is 0 Å². The quantitative estimate of drug-likeness (QED) is 0.155. The average molecular weight is 685 g/mol. The van der Waals surface area contributed by atoms with Crippen LogP contribution in [0.2, 0.25) is 0 Å². The third-order valence-electron chi connectivity index (χ3n) is 8.94. The first-order valence-corrected chi connectivity index (χ1v) is 15.8. The molecule has 3 aromatic rings. The molecule has 0 amide bonds. The van der Waals surface area contributed by atoms with Crippen molar-refractivity contribution in [1.29, 1.82) is 0 Å². The molecule has 268 valence electrons. The third-order valence-corrected chi connectivity index (χ3v) is 8.94. The van der Waals surface area contributed by atoms with Gasteiger partial charge in [0.1, 0.15) is 6.10 Å². The minimum Gasteiger partial charge on any atom is -0.493 e. The molecule has 1 aliphatic rings. The van der Waals surface area contributed by atoms with E-state index in [1.807, 2.05) is 24.3 Å². The molecule has 0 saturated carbocycles. The summed E-state index contributed by atoms with van der Waals surface area (Å²) in [5, 5.41) is 0. The molecular weight excluding hydrogens is 636 g/mol. The van der Waals surface area contributed by atoms with Crippen LogP contribution in [0, 0.1) is 11.8 Å². The lowest BCUT2D eigenvalue weighted by Crippen LogP contribution is -2.26. The lowest BCUT2D eigenvalue weighted by atomic mass is 9.85. The van der Waals surface area contributed by atoms with Crippen molar-refractivity contribution in [2.75, 3.05) is 56.9 Å². The second-order valence-corrected chi connectivity index (χ2v) is 11.7. The Labute approximate surface area is 288 Å². The van der Waals surface area contributed by atoms with E-state index in [0.29, 0.717) is 57.3 Å². The van der Waals surface area contributed by atoms with Crippen molar-refractivity contribution in [3.05, 3.63) is 53.1 Å². The Morgan fingerprint density at radius 1 is 0.571 bits per heavy atom. The highest BCUT2D eigenvalue weighted by molar-refractivity contribution is 5.67. The van der Waals surface area contributed by atoms with E-state index in [1.165, 1.54) is 28.3 Å². The molecule has 12 heteroatoms. The summed E-state index contributed by atoms with van der Waals surface area (Å²) in [4.78, 5) is 12.3. The number of hydrogen-bond acceptors (Lipinski definition) is 12. The van der Waals surface area contributed by atoms with Crippen LogP contribution < -0.4 is 42.6 Å². The fourth-order valence-corrected chi connectivity index (χ4v) is 6.29. The van der Waals surface area contributed by atoms with Crippen molar-refractivity contribution in [3.8, 4) is 51.7 Å². The summed E-state index contributed by atoms with van der Waals surface area (Å²) in [6.45, 7) is 7.43. The van der Waals surface area contributed by atoms with Crippen LogP contribution in [0.1, 0.15) is 62.7 Å². The van der Waals surface area contributed by atoms with Crippen LogP contribution in [0.5, 0.6) is 51.7 Å². The first kappa shape index (κ1) is 37.1. The van der Waals surface area contributed by atoms with Gasteiger partial charge in [0, 0.05) is 12.5 Å². The van der Waals surface area contributed by atoms with E-state index in [0.717, 1.165) is 11.1 Å². The Morgan fingerprint density at radius 2 is 0.918 bits per heavy atom. The summed E-state index contributed by atoms with van der Waals surface area (Å²) in [6.07, 6.45) is -2.14. The Hall–Kier alpha value is -4.71. The van der Waals surface area contributed by atoms with Gasteiger partial charge in [0.25, 0.3) is 0 Å². The van der Waals surface area contributed by atoms with Crippen molar-refractivity contribution in [2.45, 2.75) is 52.1 Å². The molecule has 1 aliphatic heterocycles. The number of benzene rings is 3. The van der Waals surface area contributed by atoms with Crippen molar-refractivity contribution in [2.24, 2.45) is 11.8 Å². The monoisotopic (exact) mass is 684 g/mol. The summed E-state index contributed by atoms with van der Waals surface area (Å²) in [6, 6.07) is 11.1. The van der Waals surface area contributed by atoms with Crippen LogP contribution in [0.3, 0.4) is 0 Å². The van der Waals surface area contributed by atoms with E-state index in [2.05, 4.69) is 13.8 Å². The van der Waals surface area contributed by atoms with Crippen molar-refractivity contribution in [3.63, 3.8) is 0 Å². The summed E-state index contributed by atoms with van der Waals surface area (Å²) in [5.41, 5.74) is 2.34. The standard InChI is InChI=1S/C37H48O12/c1-19-20(2)33(49-32(19)23-13-26(39-5)35(45-11)27(14-23)40-6)24-15-30(43-9)37(31(16-24)44-10)47-21(3)34(48-22(4)38)25-17-28(41-7)36(46-12)29(18-25)42-8/h13-21,32-34H,1-12H3. The first-order valence-electron chi connectivity index (χ1n) is 15.8. The van der Waals surface area contributed by atoms with Crippen molar-refractivity contribution in [1.82, 2.24) is 0 Å². The molecule has 4 rings (SSSR count). The number of ether oxygens (including phenoxy) is 11. The number of rotatable bonds is 15. The number of hydrogen-bond donors (Lipinski definition) is 0. The second kappa shape index (κ2) is 16.1.